The van der Waals surface area contributed by atoms with Crippen molar-refractivity contribution < 1.29 is 14.6 Å². The Labute approximate surface area is 137 Å². The van der Waals surface area contributed by atoms with Gasteiger partial charge in [-0.1, -0.05) is 42.5 Å². The molecular weight excluding hydrogens is 308 g/mol. The van der Waals surface area contributed by atoms with Crippen LogP contribution >= 0.6 is 0 Å². The minimum Gasteiger partial charge on any atom is -0.546 e. The van der Waals surface area contributed by atoms with Crippen molar-refractivity contribution in [1.29, 1.82) is 0 Å². The van der Waals surface area contributed by atoms with E-state index in [1.54, 1.807) is 30.5 Å². The fourth-order valence-electron chi connectivity index (χ4n) is 2.07. The minimum atomic E-state index is -1.29. The first-order valence-corrected chi connectivity index (χ1v) is 7.15. The van der Waals surface area contributed by atoms with Crippen molar-refractivity contribution in [3.05, 3.63) is 66.5 Å². The lowest BCUT2D eigenvalue weighted by Gasteiger charge is -2.09. The average molecular weight is 321 g/mol. The summed E-state index contributed by atoms with van der Waals surface area (Å²) in [6.07, 6.45) is 3.05. The van der Waals surface area contributed by atoms with Crippen LogP contribution in [-0.2, 0) is 4.79 Å². The third kappa shape index (κ3) is 3.64. The van der Waals surface area contributed by atoms with Crippen LogP contribution in [0.15, 0.2) is 66.0 Å². The molecule has 7 nitrogen and oxygen atoms in total. The Bertz CT molecular complexity index is 859. The highest BCUT2D eigenvalue weighted by Crippen LogP contribution is 2.18. The summed E-state index contributed by atoms with van der Waals surface area (Å²) in [5.74, 6) is -0.285. The Morgan fingerprint density at radius 3 is 2.71 bits per heavy atom. The van der Waals surface area contributed by atoms with Crippen LogP contribution in [0.1, 0.15) is 5.56 Å². The van der Waals surface area contributed by atoms with Gasteiger partial charge >= 0.3 is 0 Å². The van der Waals surface area contributed by atoms with Crippen LogP contribution in [0, 0.1) is 0 Å². The van der Waals surface area contributed by atoms with E-state index >= 15 is 0 Å². The van der Waals surface area contributed by atoms with Gasteiger partial charge in [0.05, 0.1) is 12.2 Å². The number of nitrogens with zero attached hydrogens (tertiary/aromatic N) is 4. The van der Waals surface area contributed by atoms with Gasteiger partial charge in [0.15, 0.2) is 5.82 Å². The van der Waals surface area contributed by atoms with E-state index in [1.807, 2.05) is 30.3 Å². The molecule has 24 heavy (non-hydrogen) atoms. The Hall–Kier alpha value is -3.48. The van der Waals surface area contributed by atoms with Gasteiger partial charge in [-0.2, -0.15) is 9.78 Å². The number of hydrogen-bond acceptors (Lipinski definition) is 6. The average Bonchev–Trinajstić information content (AvgIpc) is 3.08. The molecule has 0 saturated heterocycles. The normalized spacial score (nSPS) is 10.8. The predicted octanol–water partition coefficient (Wildman–Crippen LogP) is 0.956. The van der Waals surface area contributed by atoms with Gasteiger partial charge in [0.2, 0.25) is 0 Å². The molecule has 0 spiro atoms. The van der Waals surface area contributed by atoms with Crippen LogP contribution in [-0.4, -0.2) is 33.7 Å². The van der Waals surface area contributed by atoms with Crippen molar-refractivity contribution in [1.82, 2.24) is 14.9 Å². The molecule has 0 aliphatic carbocycles. The molecule has 0 aliphatic rings. The van der Waals surface area contributed by atoms with E-state index in [-0.39, 0.29) is 0 Å². The third-order valence-corrected chi connectivity index (χ3v) is 3.15. The van der Waals surface area contributed by atoms with Gasteiger partial charge in [-0.05, 0) is 12.1 Å². The maximum absolute atomic E-state index is 10.5. The molecule has 0 radical (unpaired) electrons. The molecule has 0 saturated carbocycles. The fraction of sp³-hybridized carbons (Fsp3) is 0.0588. The Morgan fingerprint density at radius 1 is 1.17 bits per heavy atom. The number of benzene rings is 2. The van der Waals surface area contributed by atoms with Gasteiger partial charge in [0, 0.05) is 11.1 Å². The molecule has 0 atom stereocenters. The third-order valence-electron chi connectivity index (χ3n) is 3.15. The summed E-state index contributed by atoms with van der Waals surface area (Å²) in [6, 6.07) is 16.5. The summed E-state index contributed by atoms with van der Waals surface area (Å²) in [5.41, 5.74) is 1.51. The van der Waals surface area contributed by atoms with E-state index in [4.69, 9.17) is 4.74 Å². The summed E-state index contributed by atoms with van der Waals surface area (Å²) in [7, 11) is 0. The van der Waals surface area contributed by atoms with Crippen LogP contribution in [0.5, 0.6) is 5.75 Å². The quantitative estimate of drug-likeness (QED) is 0.630. The first kappa shape index (κ1) is 15.4. The van der Waals surface area contributed by atoms with Crippen molar-refractivity contribution in [2.24, 2.45) is 5.10 Å². The number of carbonyl (C=O) groups is 1. The number of ether oxygens (including phenoxy) is 1. The van der Waals surface area contributed by atoms with Crippen molar-refractivity contribution in [3.63, 3.8) is 0 Å². The minimum absolute atomic E-state index is 0.403. The van der Waals surface area contributed by atoms with E-state index < -0.39 is 12.6 Å². The molecule has 3 rings (SSSR count). The topological polar surface area (TPSA) is 92.4 Å². The lowest BCUT2D eigenvalue weighted by Crippen LogP contribution is -2.29. The molecule has 120 valence electrons. The molecule has 1 aromatic heterocycles. The summed E-state index contributed by atoms with van der Waals surface area (Å²) >= 11 is 0. The van der Waals surface area contributed by atoms with Crippen LogP contribution in [0.2, 0.25) is 0 Å². The van der Waals surface area contributed by atoms with Gasteiger partial charge < -0.3 is 14.6 Å². The maximum atomic E-state index is 10.5. The Kier molecular flexibility index (Phi) is 4.62. The summed E-state index contributed by atoms with van der Waals surface area (Å²) < 4.78 is 6.72. The van der Waals surface area contributed by atoms with Gasteiger partial charge in [-0.3, -0.25) is 0 Å². The molecule has 0 fully saturated rings. The Morgan fingerprint density at radius 2 is 1.92 bits per heavy atom. The van der Waals surface area contributed by atoms with E-state index in [2.05, 4.69) is 15.3 Å². The van der Waals surface area contributed by atoms with Gasteiger partial charge in [0.25, 0.3) is 0 Å². The predicted molar refractivity (Wildman–Crippen MR) is 85.4 cm³/mol. The highest BCUT2D eigenvalue weighted by atomic mass is 16.5. The highest BCUT2D eigenvalue weighted by molar-refractivity contribution is 5.83. The number of carboxylic acid groups (broad SMARTS) is 1. The van der Waals surface area contributed by atoms with Crippen LogP contribution in [0.4, 0.5) is 0 Å². The fourth-order valence-corrected chi connectivity index (χ4v) is 2.07. The number of aliphatic carboxylic acids is 1. The van der Waals surface area contributed by atoms with E-state index in [9.17, 15) is 9.90 Å². The molecule has 0 N–H and O–H groups in total. The summed E-state index contributed by atoms with van der Waals surface area (Å²) in [4.78, 5) is 10.5. The lowest BCUT2D eigenvalue weighted by atomic mass is 10.2. The SMILES string of the molecule is O=C([O-])COc1ccccc1/C=N\n1cnnc1-c1ccccc1. The second kappa shape index (κ2) is 7.19. The van der Waals surface area contributed by atoms with Crippen molar-refractivity contribution >= 4 is 12.2 Å². The molecule has 0 aliphatic heterocycles. The zero-order chi connectivity index (χ0) is 16.8. The number of aromatic nitrogens is 3. The van der Waals surface area contributed by atoms with Gasteiger partial charge in [-0.25, -0.2) is 0 Å². The van der Waals surface area contributed by atoms with Crippen molar-refractivity contribution in [2.75, 3.05) is 6.61 Å². The van der Waals surface area contributed by atoms with Crippen LogP contribution < -0.4 is 9.84 Å². The number of hydrogen-bond donors (Lipinski definition) is 0. The first-order valence-electron chi connectivity index (χ1n) is 7.15. The van der Waals surface area contributed by atoms with E-state index in [1.165, 1.54) is 11.0 Å². The summed E-state index contributed by atoms with van der Waals surface area (Å²) in [5, 5.41) is 22.8. The second-order valence-electron chi connectivity index (χ2n) is 4.81. The molecule has 7 heteroatoms. The molecule has 1 heterocycles. The lowest BCUT2D eigenvalue weighted by molar-refractivity contribution is -0.307. The van der Waals surface area contributed by atoms with Crippen molar-refractivity contribution in [3.8, 4) is 17.1 Å². The summed E-state index contributed by atoms with van der Waals surface area (Å²) in [6.45, 7) is -0.521. The number of carboxylic acids is 1. The maximum Gasteiger partial charge on any atom is 0.184 e. The van der Waals surface area contributed by atoms with E-state index in [0.29, 0.717) is 17.1 Å². The standard InChI is InChI=1S/C17H14N4O3/c22-16(23)11-24-15-9-5-4-8-14(15)10-19-21-12-18-20-17(21)13-6-2-1-3-7-13/h1-10,12H,11H2,(H,22,23)/p-1/b19-10-. The second-order valence-corrected chi connectivity index (χ2v) is 4.81. The molecule has 3 aromatic rings. The molecule has 0 bridgehead atoms. The highest BCUT2D eigenvalue weighted by Gasteiger charge is 2.06. The Balaban J connectivity index is 1.85. The zero-order valence-corrected chi connectivity index (χ0v) is 12.6. The molecule has 2 aromatic carbocycles. The van der Waals surface area contributed by atoms with E-state index in [0.717, 1.165) is 5.56 Å². The monoisotopic (exact) mass is 321 g/mol. The van der Waals surface area contributed by atoms with Gasteiger partial charge in [0.1, 0.15) is 18.7 Å². The largest absolute Gasteiger partial charge is 0.546 e. The number of para-hydroxylation sites is 1. The first-order chi connectivity index (χ1) is 11.7. The van der Waals surface area contributed by atoms with Gasteiger partial charge in [-0.15, -0.1) is 10.2 Å². The molecule has 0 unspecified atom stereocenters. The van der Waals surface area contributed by atoms with Crippen LogP contribution in [0.25, 0.3) is 11.4 Å². The number of carbonyl (C=O) groups excluding carboxylic acids is 1. The molecule has 0 amide bonds. The number of rotatable bonds is 6. The zero-order valence-electron chi connectivity index (χ0n) is 12.6. The molecular formula is C17H13N4O3-. The smallest absolute Gasteiger partial charge is 0.184 e. The van der Waals surface area contributed by atoms with Crippen LogP contribution in [0.3, 0.4) is 0 Å². The van der Waals surface area contributed by atoms with Crippen molar-refractivity contribution in [2.45, 2.75) is 0 Å².